The van der Waals surface area contributed by atoms with Gasteiger partial charge in [-0.1, -0.05) is 0 Å². The average Bonchev–Trinajstić information content (AvgIpc) is 3.21. The van der Waals surface area contributed by atoms with Gasteiger partial charge in [0, 0.05) is 30.1 Å². The predicted molar refractivity (Wildman–Crippen MR) is 97.7 cm³/mol. The number of rotatable bonds is 8. The van der Waals surface area contributed by atoms with Gasteiger partial charge in [-0.3, -0.25) is 9.20 Å². The lowest BCUT2D eigenvalue weighted by atomic mass is 10.4. The summed E-state index contributed by atoms with van der Waals surface area (Å²) in [5.74, 6) is 3.46. The summed E-state index contributed by atoms with van der Waals surface area (Å²) in [6.45, 7) is 1.42. The number of nitrogens with one attached hydrogen (secondary N) is 1. The van der Waals surface area contributed by atoms with Crippen molar-refractivity contribution in [3.63, 3.8) is 0 Å². The molecule has 1 N–H and O–H groups in total. The summed E-state index contributed by atoms with van der Waals surface area (Å²) < 4.78 is 7.61. The maximum Gasteiger partial charge on any atom is 0.271 e. The molecular weight excluding hydrogens is 344 g/mol. The first-order chi connectivity index (χ1) is 11.6. The number of hydrogen-bond donors (Lipinski definition) is 1. The second kappa shape index (κ2) is 7.87. The van der Waals surface area contributed by atoms with Crippen molar-refractivity contribution in [3.05, 3.63) is 47.1 Å². The van der Waals surface area contributed by atoms with Crippen molar-refractivity contribution in [2.45, 2.75) is 12.3 Å². The Morgan fingerprint density at radius 2 is 2.25 bits per heavy atom. The predicted octanol–water partition coefficient (Wildman–Crippen LogP) is 2.71. The first kappa shape index (κ1) is 17.1. The second-order valence-electron chi connectivity index (χ2n) is 5.63. The van der Waals surface area contributed by atoms with Gasteiger partial charge in [-0.15, -0.1) is 11.3 Å². The highest BCUT2D eigenvalue weighted by Crippen LogP contribution is 2.16. The van der Waals surface area contributed by atoms with Crippen LogP contribution >= 0.6 is 23.1 Å². The van der Waals surface area contributed by atoms with Crippen molar-refractivity contribution >= 4 is 34.0 Å². The summed E-state index contributed by atoms with van der Waals surface area (Å²) in [5.41, 5.74) is 0.464. The molecule has 3 aromatic rings. The van der Waals surface area contributed by atoms with Crippen molar-refractivity contribution in [1.82, 2.24) is 19.6 Å². The lowest BCUT2D eigenvalue weighted by Crippen LogP contribution is -2.26. The third-order valence-electron chi connectivity index (χ3n) is 3.29. The van der Waals surface area contributed by atoms with E-state index >= 15 is 0 Å². The average molecular weight is 364 g/mol. The number of fused-ring (bicyclic) bond motifs is 1. The fraction of sp³-hybridized carbons (Fsp3) is 0.375. The number of imidazole rings is 1. The lowest BCUT2D eigenvalue weighted by Gasteiger charge is -2.06. The molecule has 3 rings (SSSR count). The van der Waals surface area contributed by atoms with Crippen LogP contribution in [0, 0.1) is 0 Å². The molecule has 24 heavy (non-hydrogen) atoms. The van der Waals surface area contributed by atoms with Crippen molar-refractivity contribution < 1.29 is 9.21 Å². The first-order valence-electron chi connectivity index (χ1n) is 7.62. The van der Waals surface area contributed by atoms with Crippen molar-refractivity contribution in [3.8, 4) is 0 Å². The summed E-state index contributed by atoms with van der Waals surface area (Å²) in [4.78, 5) is 19.2. The normalized spacial score (nSPS) is 11.5. The van der Waals surface area contributed by atoms with E-state index in [0.29, 0.717) is 12.2 Å². The fourth-order valence-electron chi connectivity index (χ4n) is 2.23. The van der Waals surface area contributed by atoms with Crippen LogP contribution in [0.15, 0.2) is 34.3 Å². The number of thioether (sulfide) groups is 1. The number of furan rings is 1. The van der Waals surface area contributed by atoms with E-state index in [9.17, 15) is 4.79 Å². The highest BCUT2D eigenvalue weighted by atomic mass is 32.2. The number of nitrogens with zero attached hydrogens (tertiary/aromatic N) is 3. The molecule has 3 heterocycles. The van der Waals surface area contributed by atoms with E-state index in [1.807, 2.05) is 42.2 Å². The minimum atomic E-state index is -0.127. The summed E-state index contributed by atoms with van der Waals surface area (Å²) in [7, 11) is 4.03. The van der Waals surface area contributed by atoms with Crippen molar-refractivity contribution in [1.29, 1.82) is 0 Å². The van der Waals surface area contributed by atoms with Crippen LogP contribution in [0.2, 0.25) is 0 Å². The van der Waals surface area contributed by atoms with Gasteiger partial charge in [0.25, 0.3) is 5.91 Å². The molecule has 0 atom stereocenters. The van der Waals surface area contributed by atoms with E-state index in [2.05, 4.69) is 15.2 Å². The maximum atomic E-state index is 12.0. The van der Waals surface area contributed by atoms with Gasteiger partial charge < -0.3 is 14.6 Å². The Labute approximate surface area is 148 Å². The molecule has 1 amide bonds. The van der Waals surface area contributed by atoms with Crippen LogP contribution in [0.1, 0.15) is 22.0 Å². The fourth-order valence-corrected chi connectivity index (χ4v) is 3.68. The highest BCUT2D eigenvalue weighted by molar-refractivity contribution is 7.98. The van der Waals surface area contributed by atoms with E-state index in [0.717, 1.165) is 34.5 Å². The molecule has 0 fully saturated rings. The van der Waals surface area contributed by atoms with Gasteiger partial charge in [0.15, 0.2) is 4.96 Å². The smallest absolute Gasteiger partial charge is 0.271 e. The third kappa shape index (κ3) is 4.40. The Hall–Kier alpha value is -1.77. The molecule has 0 aliphatic carbocycles. The zero-order valence-corrected chi connectivity index (χ0v) is 15.3. The number of hydrogen-bond acceptors (Lipinski definition) is 6. The summed E-state index contributed by atoms with van der Waals surface area (Å²) in [6.07, 6.45) is 3.65. The Morgan fingerprint density at radius 3 is 3.04 bits per heavy atom. The molecule has 8 heteroatoms. The van der Waals surface area contributed by atoms with E-state index in [1.54, 1.807) is 18.0 Å². The standard InChI is InChI=1S/C16H20N4O2S2/c1-19(2)9-12-3-4-13(22-12)11-23-7-5-17-15(21)14-10-20-6-8-24-16(20)18-14/h3-4,6,8,10H,5,7,9,11H2,1-2H3,(H,17,21). The molecule has 6 nitrogen and oxygen atoms in total. The molecule has 0 spiro atoms. The van der Waals surface area contributed by atoms with Crippen molar-refractivity contribution in [2.24, 2.45) is 0 Å². The van der Waals surface area contributed by atoms with Gasteiger partial charge >= 0.3 is 0 Å². The second-order valence-corrected chi connectivity index (χ2v) is 7.61. The molecule has 0 aliphatic heterocycles. The van der Waals surface area contributed by atoms with Crippen LogP contribution < -0.4 is 5.32 Å². The van der Waals surface area contributed by atoms with Crippen LogP contribution in [-0.4, -0.2) is 46.6 Å². The van der Waals surface area contributed by atoms with Gasteiger partial charge in [-0.2, -0.15) is 11.8 Å². The highest BCUT2D eigenvalue weighted by Gasteiger charge is 2.10. The number of amides is 1. The van der Waals surface area contributed by atoms with Gasteiger partial charge in [0.2, 0.25) is 0 Å². The van der Waals surface area contributed by atoms with Crippen LogP contribution in [0.4, 0.5) is 0 Å². The third-order valence-corrected chi connectivity index (χ3v) is 5.04. The summed E-state index contributed by atoms with van der Waals surface area (Å²) >= 11 is 3.25. The van der Waals surface area contributed by atoms with Crippen LogP contribution in [0.3, 0.4) is 0 Å². The number of thiazole rings is 1. The largest absolute Gasteiger partial charge is 0.464 e. The summed E-state index contributed by atoms with van der Waals surface area (Å²) in [5, 5.41) is 4.84. The van der Waals surface area contributed by atoms with E-state index in [-0.39, 0.29) is 5.91 Å². The van der Waals surface area contributed by atoms with Gasteiger partial charge in [-0.05, 0) is 26.2 Å². The van der Waals surface area contributed by atoms with Gasteiger partial charge in [0.05, 0.1) is 12.3 Å². The summed E-state index contributed by atoms with van der Waals surface area (Å²) in [6, 6.07) is 4.03. The Balaban J connectivity index is 1.37. The zero-order chi connectivity index (χ0) is 16.9. The minimum absolute atomic E-state index is 0.127. The van der Waals surface area contributed by atoms with Crippen LogP contribution in [0.25, 0.3) is 4.96 Å². The Bertz CT molecular complexity index is 777. The molecule has 0 saturated carbocycles. The molecule has 0 bridgehead atoms. The maximum absolute atomic E-state index is 12.0. The zero-order valence-electron chi connectivity index (χ0n) is 13.7. The van der Waals surface area contributed by atoms with Crippen LogP contribution in [-0.2, 0) is 12.3 Å². The monoisotopic (exact) mass is 364 g/mol. The molecule has 0 aromatic carbocycles. The lowest BCUT2D eigenvalue weighted by molar-refractivity contribution is 0.0952. The first-order valence-corrected chi connectivity index (χ1v) is 9.66. The van der Waals surface area contributed by atoms with Crippen LogP contribution in [0.5, 0.6) is 0 Å². The molecule has 128 valence electrons. The SMILES string of the molecule is CN(C)Cc1ccc(CSCCNC(=O)c2cn3ccsc3n2)o1. The molecule has 0 aliphatic rings. The number of carbonyl (C=O) groups is 1. The van der Waals surface area contributed by atoms with Crippen molar-refractivity contribution in [2.75, 3.05) is 26.4 Å². The number of aromatic nitrogens is 2. The molecule has 0 unspecified atom stereocenters. The topological polar surface area (TPSA) is 62.8 Å². The Kier molecular flexibility index (Phi) is 5.60. The molecular formula is C16H20N4O2S2. The molecule has 3 aromatic heterocycles. The van der Waals surface area contributed by atoms with Gasteiger partial charge in [0.1, 0.15) is 17.2 Å². The van der Waals surface area contributed by atoms with Gasteiger partial charge in [-0.25, -0.2) is 4.98 Å². The van der Waals surface area contributed by atoms with E-state index in [1.165, 1.54) is 11.3 Å². The minimum Gasteiger partial charge on any atom is -0.464 e. The van der Waals surface area contributed by atoms with E-state index in [4.69, 9.17) is 4.42 Å². The number of carbonyl (C=O) groups excluding carboxylic acids is 1. The van der Waals surface area contributed by atoms with E-state index < -0.39 is 0 Å². The molecule has 0 saturated heterocycles. The Morgan fingerprint density at radius 1 is 1.42 bits per heavy atom. The molecule has 0 radical (unpaired) electrons. The quantitative estimate of drug-likeness (QED) is 0.623.